The molecule has 0 fully saturated rings. The Bertz CT molecular complexity index is 812. The molecule has 2 aromatic rings. The monoisotopic (exact) mass is 330 g/mol. The number of ether oxygens (including phenoxy) is 1. The third-order valence-electron chi connectivity index (χ3n) is 3.40. The van der Waals surface area contributed by atoms with Crippen LogP contribution in [0.25, 0.3) is 11.3 Å². The number of aromatic nitrogens is 2. The standard InChI is InChI=1S/C16H18N4O4/c1-17-14(21)9-20-16(23)12(15(22)18-2)8-13(19-20)10-4-6-11(24-3)7-5-10/h4-8H,9H2,1-3H3,(H,17,21)(H,18,22). The number of benzene rings is 1. The Kier molecular flexibility index (Phi) is 5.31. The van der Waals surface area contributed by atoms with Crippen molar-refractivity contribution >= 4 is 11.8 Å². The van der Waals surface area contributed by atoms with E-state index in [0.29, 0.717) is 17.0 Å². The summed E-state index contributed by atoms with van der Waals surface area (Å²) in [5.41, 5.74) is 0.379. The third kappa shape index (κ3) is 3.60. The first-order valence-corrected chi connectivity index (χ1v) is 7.19. The molecule has 0 saturated heterocycles. The Morgan fingerprint density at radius 2 is 1.83 bits per heavy atom. The minimum absolute atomic E-state index is 0.0813. The number of likely N-dealkylation sites (N-methyl/N-ethyl adjacent to an activating group) is 1. The summed E-state index contributed by atoms with van der Waals surface area (Å²) in [6.07, 6.45) is 0. The first kappa shape index (κ1) is 17.2. The second kappa shape index (κ2) is 7.40. The van der Waals surface area contributed by atoms with Gasteiger partial charge < -0.3 is 15.4 Å². The average Bonchev–Trinajstić information content (AvgIpc) is 2.62. The van der Waals surface area contributed by atoms with Gasteiger partial charge >= 0.3 is 0 Å². The Hall–Kier alpha value is -3.16. The number of carbonyl (C=O) groups is 2. The van der Waals surface area contributed by atoms with E-state index in [9.17, 15) is 14.4 Å². The maximum atomic E-state index is 12.3. The number of methoxy groups -OCH3 is 1. The number of nitrogens with zero attached hydrogens (tertiary/aromatic N) is 2. The summed E-state index contributed by atoms with van der Waals surface area (Å²) in [4.78, 5) is 35.9. The van der Waals surface area contributed by atoms with E-state index in [4.69, 9.17) is 4.74 Å². The van der Waals surface area contributed by atoms with Crippen molar-refractivity contribution in [3.05, 3.63) is 46.2 Å². The molecule has 0 aliphatic carbocycles. The van der Waals surface area contributed by atoms with Gasteiger partial charge in [0.1, 0.15) is 17.9 Å². The molecule has 0 spiro atoms. The molecular formula is C16H18N4O4. The lowest BCUT2D eigenvalue weighted by molar-refractivity contribution is -0.121. The average molecular weight is 330 g/mol. The van der Waals surface area contributed by atoms with Gasteiger partial charge in [0, 0.05) is 19.7 Å². The van der Waals surface area contributed by atoms with Crippen LogP contribution in [-0.4, -0.2) is 42.8 Å². The molecule has 0 unspecified atom stereocenters. The number of carbonyl (C=O) groups excluding carboxylic acids is 2. The van der Waals surface area contributed by atoms with Crippen LogP contribution in [0, 0.1) is 0 Å². The molecule has 0 aliphatic rings. The van der Waals surface area contributed by atoms with E-state index >= 15 is 0 Å². The minimum Gasteiger partial charge on any atom is -0.497 e. The predicted octanol–water partition coefficient (Wildman–Crippen LogP) is 0.0245. The summed E-state index contributed by atoms with van der Waals surface area (Å²) >= 11 is 0. The van der Waals surface area contributed by atoms with Gasteiger partial charge in [-0.1, -0.05) is 0 Å². The lowest BCUT2D eigenvalue weighted by Crippen LogP contribution is -2.36. The molecule has 0 radical (unpaired) electrons. The Morgan fingerprint density at radius 1 is 1.17 bits per heavy atom. The zero-order valence-corrected chi connectivity index (χ0v) is 13.6. The number of hydrogen-bond donors (Lipinski definition) is 2. The normalized spacial score (nSPS) is 10.1. The van der Waals surface area contributed by atoms with Crippen LogP contribution in [0.2, 0.25) is 0 Å². The van der Waals surface area contributed by atoms with Crippen LogP contribution in [0.15, 0.2) is 35.1 Å². The fourth-order valence-electron chi connectivity index (χ4n) is 2.06. The number of nitrogens with one attached hydrogen (secondary N) is 2. The van der Waals surface area contributed by atoms with E-state index < -0.39 is 11.5 Å². The number of rotatable bonds is 5. The fourth-order valence-corrected chi connectivity index (χ4v) is 2.06. The van der Waals surface area contributed by atoms with E-state index in [2.05, 4.69) is 15.7 Å². The van der Waals surface area contributed by atoms with Gasteiger partial charge in [-0.05, 0) is 30.3 Å². The van der Waals surface area contributed by atoms with Crippen molar-refractivity contribution in [2.75, 3.05) is 21.2 Å². The van der Waals surface area contributed by atoms with Gasteiger partial charge in [-0.15, -0.1) is 0 Å². The molecule has 1 aromatic carbocycles. The highest BCUT2D eigenvalue weighted by molar-refractivity contribution is 5.94. The van der Waals surface area contributed by atoms with E-state index in [-0.39, 0.29) is 18.0 Å². The smallest absolute Gasteiger partial charge is 0.280 e. The zero-order valence-electron chi connectivity index (χ0n) is 13.6. The molecule has 0 aliphatic heterocycles. The van der Waals surface area contributed by atoms with Gasteiger partial charge in [-0.2, -0.15) is 5.10 Å². The highest BCUT2D eigenvalue weighted by Crippen LogP contribution is 2.20. The van der Waals surface area contributed by atoms with Crippen molar-refractivity contribution in [3.8, 4) is 17.0 Å². The van der Waals surface area contributed by atoms with Crippen LogP contribution >= 0.6 is 0 Å². The van der Waals surface area contributed by atoms with E-state index in [1.54, 1.807) is 31.4 Å². The first-order chi connectivity index (χ1) is 11.5. The molecule has 1 aromatic heterocycles. The molecule has 1 heterocycles. The van der Waals surface area contributed by atoms with E-state index in [1.807, 2.05) is 0 Å². The van der Waals surface area contributed by atoms with E-state index in [1.165, 1.54) is 20.2 Å². The summed E-state index contributed by atoms with van der Waals surface area (Å²) in [6, 6.07) is 8.39. The number of hydrogen-bond acceptors (Lipinski definition) is 5. The van der Waals surface area contributed by atoms with Crippen LogP contribution in [0.3, 0.4) is 0 Å². The summed E-state index contributed by atoms with van der Waals surface area (Å²) in [7, 11) is 4.44. The van der Waals surface area contributed by atoms with Gasteiger partial charge in [0.05, 0.1) is 12.8 Å². The first-order valence-electron chi connectivity index (χ1n) is 7.19. The summed E-state index contributed by atoms with van der Waals surface area (Å²) < 4.78 is 6.08. The summed E-state index contributed by atoms with van der Waals surface area (Å²) in [5.74, 6) is -0.258. The van der Waals surface area contributed by atoms with E-state index in [0.717, 1.165) is 4.68 Å². The molecule has 0 atom stereocenters. The fraction of sp³-hybridized carbons (Fsp3) is 0.250. The topological polar surface area (TPSA) is 102 Å². The number of amides is 2. The molecule has 0 bridgehead atoms. The van der Waals surface area contributed by atoms with Gasteiger partial charge in [0.2, 0.25) is 5.91 Å². The maximum Gasteiger partial charge on any atom is 0.280 e. The molecule has 8 nitrogen and oxygen atoms in total. The second-order valence-electron chi connectivity index (χ2n) is 4.89. The molecule has 126 valence electrons. The molecule has 24 heavy (non-hydrogen) atoms. The lowest BCUT2D eigenvalue weighted by atomic mass is 10.1. The van der Waals surface area contributed by atoms with Crippen LogP contribution in [-0.2, 0) is 11.3 Å². The summed E-state index contributed by atoms with van der Waals surface area (Å²) in [5, 5.41) is 9.02. The molecule has 2 N–H and O–H groups in total. The van der Waals surface area contributed by atoms with Crippen molar-refractivity contribution < 1.29 is 14.3 Å². The van der Waals surface area contributed by atoms with Gasteiger partial charge in [0.15, 0.2) is 0 Å². The minimum atomic E-state index is -0.629. The van der Waals surface area contributed by atoms with Crippen molar-refractivity contribution in [2.45, 2.75) is 6.54 Å². The van der Waals surface area contributed by atoms with Crippen molar-refractivity contribution in [1.29, 1.82) is 0 Å². The van der Waals surface area contributed by atoms with Gasteiger partial charge in [-0.3, -0.25) is 14.4 Å². The molecule has 0 saturated carbocycles. The highest BCUT2D eigenvalue weighted by atomic mass is 16.5. The van der Waals surface area contributed by atoms with Gasteiger partial charge in [-0.25, -0.2) is 4.68 Å². The quantitative estimate of drug-likeness (QED) is 0.805. The second-order valence-corrected chi connectivity index (χ2v) is 4.89. The highest BCUT2D eigenvalue weighted by Gasteiger charge is 2.16. The summed E-state index contributed by atoms with van der Waals surface area (Å²) in [6.45, 7) is -0.274. The molecular weight excluding hydrogens is 312 g/mol. The third-order valence-corrected chi connectivity index (χ3v) is 3.40. The van der Waals surface area contributed by atoms with Crippen molar-refractivity contribution in [1.82, 2.24) is 20.4 Å². The van der Waals surface area contributed by atoms with Crippen LogP contribution in [0.4, 0.5) is 0 Å². The van der Waals surface area contributed by atoms with Crippen LogP contribution < -0.4 is 20.9 Å². The molecule has 2 amide bonds. The molecule has 2 rings (SSSR count). The molecule has 8 heteroatoms. The predicted molar refractivity (Wildman–Crippen MR) is 87.9 cm³/mol. The zero-order chi connectivity index (χ0) is 17.7. The van der Waals surface area contributed by atoms with Gasteiger partial charge in [0.25, 0.3) is 11.5 Å². The Balaban J connectivity index is 2.57. The maximum absolute atomic E-state index is 12.3. The SMILES string of the molecule is CNC(=O)Cn1nc(-c2ccc(OC)cc2)cc(C(=O)NC)c1=O. The lowest BCUT2D eigenvalue weighted by Gasteiger charge is -2.10. The Morgan fingerprint density at radius 3 is 2.38 bits per heavy atom. The Labute approximate surface area is 138 Å². The van der Waals surface area contributed by atoms with Crippen LogP contribution in [0.5, 0.6) is 5.75 Å². The largest absolute Gasteiger partial charge is 0.497 e. The van der Waals surface area contributed by atoms with Crippen LogP contribution in [0.1, 0.15) is 10.4 Å². The van der Waals surface area contributed by atoms with Crippen molar-refractivity contribution in [3.63, 3.8) is 0 Å². The van der Waals surface area contributed by atoms with Crippen molar-refractivity contribution in [2.24, 2.45) is 0 Å².